The molecule has 6 aliphatic heterocycles. The molecule has 0 saturated carbocycles. The molecule has 294 valence electrons. The number of methoxy groups -OCH3 is 2. The molecule has 12 nitrogen and oxygen atoms in total. The van der Waals surface area contributed by atoms with Crippen molar-refractivity contribution in [3.05, 3.63) is 97.4 Å². The first-order valence-corrected chi connectivity index (χ1v) is 19.8. The molecule has 2 N–H and O–H groups in total. The molecule has 56 heavy (non-hydrogen) atoms. The van der Waals surface area contributed by atoms with E-state index in [1.165, 1.54) is 0 Å². The molecule has 2 aromatic carbocycles. The molecule has 10 rings (SSSR count). The first kappa shape index (κ1) is 37.7. The van der Waals surface area contributed by atoms with Gasteiger partial charge in [0.1, 0.15) is 23.7 Å². The van der Waals surface area contributed by atoms with Crippen molar-refractivity contribution < 1.29 is 28.5 Å². The van der Waals surface area contributed by atoms with Crippen molar-refractivity contribution in [1.29, 1.82) is 0 Å². The molecule has 8 heterocycles. The lowest BCUT2D eigenvalue weighted by molar-refractivity contribution is -0.0504. The predicted octanol–water partition coefficient (Wildman–Crippen LogP) is 6.83. The van der Waals surface area contributed by atoms with Gasteiger partial charge in [0.2, 0.25) is 0 Å². The molecule has 12 heteroatoms. The molecular formula is C44H52N6O6. The normalized spacial score (nSPS) is 27.5. The highest BCUT2D eigenvalue weighted by atomic mass is 16.6. The fourth-order valence-electron chi connectivity index (χ4n) is 9.77. The van der Waals surface area contributed by atoms with Crippen molar-refractivity contribution in [1.82, 2.24) is 30.4 Å². The number of fused-ring (bicyclic) bond motifs is 8. The van der Waals surface area contributed by atoms with Crippen molar-refractivity contribution in [2.45, 2.75) is 50.0 Å². The number of alkyl carbamates (subject to hydrolysis) is 2. The van der Waals surface area contributed by atoms with Gasteiger partial charge in [-0.1, -0.05) is 12.2 Å². The van der Waals surface area contributed by atoms with E-state index < -0.39 is 24.4 Å². The number of benzene rings is 2. The van der Waals surface area contributed by atoms with Crippen LogP contribution < -0.4 is 20.1 Å². The average molecular weight is 761 g/mol. The molecule has 2 amide bonds. The number of carbonyl (C=O) groups is 2. The Morgan fingerprint density at radius 3 is 1.55 bits per heavy atom. The number of hydrogen-bond donors (Lipinski definition) is 2. The Labute approximate surface area is 328 Å². The molecule has 4 aromatic rings. The van der Waals surface area contributed by atoms with Crippen LogP contribution in [0.5, 0.6) is 11.5 Å². The van der Waals surface area contributed by atoms with Crippen LogP contribution in [0, 0.1) is 23.7 Å². The molecule has 2 aromatic heterocycles. The summed E-state index contributed by atoms with van der Waals surface area (Å²) in [4.78, 5) is 41.2. The van der Waals surface area contributed by atoms with Crippen LogP contribution >= 0.6 is 0 Å². The third-order valence-corrected chi connectivity index (χ3v) is 12.7. The third-order valence-electron chi connectivity index (χ3n) is 12.7. The van der Waals surface area contributed by atoms with Gasteiger partial charge < -0.3 is 29.6 Å². The lowest BCUT2D eigenvalue weighted by Gasteiger charge is -2.51. The second-order valence-electron chi connectivity index (χ2n) is 15.6. The van der Waals surface area contributed by atoms with E-state index in [2.05, 4.69) is 55.7 Å². The largest absolute Gasteiger partial charge is 0.497 e. The second kappa shape index (κ2) is 16.5. The van der Waals surface area contributed by atoms with Gasteiger partial charge in [-0.25, -0.2) is 9.59 Å². The van der Waals surface area contributed by atoms with Crippen LogP contribution in [0.15, 0.2) is 86.2 Å². The maximum atomic E-state index is 13.6. The van der Waals surface area contributed by atoms with Crippen LogP contribution in [-0.4, -0.2) is 97.5 Å². The van der Waals surface area contributed by atoms with Gasteiger partial charge in [0.15, 0.2) is 0 Å². The lowest BCUT2D eigenvalue weighted by atomic mass is 9.73. The molecular weight excluding hydrogens is 709 g/mol. The van der Waals surface area contributed by atoms with E-state index >= 15 is 0 Å². The number of ether oxygens (including phenoxy) is 4. The van der Waals surface area contributed by atoms with Crippen LogP contribution in [0.4, 0.5) is 9.59 Å². The lowest BCUT2D eigenvalue weighted by Crippen LogP contribution is -2.55. The topological polar surface area (TPSA) is 127 Å². The smallest absolute Gasteiger partial charge is 0.407 e. The van der Waals surface area contributed by atoms with Gasteiger partial charge in [-0.2, -0.15) is 0 Å². The second-order valence-corrected chi connectivity index (χ2v) is 15.6. The van der Waals surface area contributed by atoms with E-state index in [4.69, 9.17) is 18.9 Å². The van der Waals surface area contributed by atoms with Crippen molar-refractivity contribution in [3.63, 3.8) is 0 Å². The van der Waals surface area contributed by atoms with Crippen LogP contribution in [0.25, 0.3) is 21.8 Å². The summed E-state index contributed by atoms with van der Waals surface area (Å²) < 4.78 is 23.8. The molecule has 10 atom stereocenters. The minimum atomic E-state index is -0.557. The third kappa shape index (κ3) is 7.52. The quantitative estimate of drug-likeness (QED) is 0.111. The minimum absolute atomic E-state index is 0.00526. The monoisotopic (exact) mass is 760 g/mol. The molecule has 4 bridgehead atoms. The maximum absolute atomic E-state index is 13.6. The molecule has 6 aliphatic rings. The molecule has 2 unspecified atom stereocenters. The van der Waals surface area contributed by atoms with Crippen LogP contribution in [0.3, 0.4) is 0 Å². The highest BCUT2D eigenvalue weighted by Gasteiger charge is 2.46. The van der Waals surface area contributed by atoms with Gasteiger partial charge in [-0.05, 0) is 111 Å². The van der Waals surface area contributed by atoms with Gasteiger partial charge in [0.05, 0.1) is 37.3 Å². The summed E-state index contributed by atoms with van der Waals surface area (Å²) in [6, 6.07) is 15.4. The fraction of sp³-hybridized carbons (Fsp3) is 0.455. The Bertz CT molecular complexity index is 1950. The number of carbonyl (C=O) groups excluding carboxylic acids is 2. The average Bonchev–Trinajstić information content (AvgIpc) is 3.25. The summed E-state index contributed by atoms with van der Waals surface area (Å²) in [5.41, 5.74) is 3.38. The Morgan fingerprint density at radius 1 is 0.732 bits per heavy atom. The highest BCUT2D eigenvalue weighted by molar-refractivity contribution is 5.85. The van der Waals surface area contributed by atoms with E-state index in [9.17, 15) is 9.59 Å². The summed E-state index contributed by atoms with van der Waals surface area (Å²) in [7, 11) is 3.27. The van der Waals surface area contributed by atoms with Crippen molar-refractivity contribution in [3.8, 4) is 11.5 Å². The Hall–Kier alpha value is -5.20. The predicted molar refractivity (Wildman–Crippen MR) is 215 cm³/mol. The summed E-state index contributed by atoms with van der Waals surface area (Å²) in [5.74, 6) is 3.22. The zero-order valence-electron chi connectivity index (χ0n) is 32.3. The van der Waals surface area contributed by atoms with Gasteiger partial charge in [0.25, 0.3) is 0 Å². The number of nitrogens with zero attached hydrogens (tertiary/aromatic N) is 4. The number of aromatic nitrogens is 2. The summed E-state index contributed by atoms with van der Waals surface area (Å²) >= 11 is 0. The van der Waals surface area contributed by atoms with Crippen molar-refractivity contribution >= 4 is 34.0 Å². The van der Waals surface area contributed by atoms with Crippen molar-refractivity contribution in [2.24, 2.45) is 23.7 Å². The van der Waals surface area contributed by atoms with Gasteiger partial charge in [-0.15, -0.1) is 13.2 Å². The number of rotatable bonds is 13. The Balaban J connectivity index is 0.957. The van der Waals surface area contributed by atoms with Gasteiger partial charge >= 0.3 is 12.2 Å². The van der Waals surface area contributed by atoms with Crippen LogP contribution in [0.1, 0.15) is 49.0 Å². The highest BCUT2D eigenvalue weighted by Crippen LogP contribution is 2.45. The molecule has 6 saturated heterocycles. The number of nitrogens with one attached hydrogen (secondary N) is 2. The first-order valence-electron chi connectivity index (χ1n) is 19.8. The van der Waals surface area contributed by atoms with Gasteiger partial charge in [-0.3, -0.25) is 19.8 Å². The standard InChI is InChI=1S/C44H52N6O6/c1-5-27-25-49-19-13-29(27)21-39(49)41(33-11-15-45-37-9-7-31(53-3)23-35(33)37)55-43(51)47-17-18-48-44(52)56-42(40-22-30-14-20-50(40)26-28(30)6-2)34-12-16-46-38-10-8-32(54-4)24-36(34)38/h5-12,15-16,23-24,27-30,39-42H,1-2,13-14,17-22,25-26H2,3-4H3,(H,47,51)(H,48,52)/t27-,28-,29-,30-,39+,40+,41-,42-/m0/s1. The van der Waals surface area contributed by atoms with E-state index in [1.807, 2.05) is 48.5 Å². The summed E-state index contributed by atoms with van der Waals surface area (Å²) in [6.07, 6.45) is 9.43. The first-order chi connectivity index (χ1) is 27.4. The van der Waals surface area contributed by atoms with Gasteiger partial charge in [0, 0.05) is 60.5 Å². The minimum Gasteiger partial charge on any atom is -0.497 e. The molecule has 0 spiro atoms. The Morgan fingerprint density at radius 2 is 1.18 bits per heavy atom. The number of hydrogen-bond acceptors (Lipinski definition) is 10. The zero-order chi connectivity index (χ0) is 38.8. The van der Waals surface area contributed by atoms with Crippen LogP contribution in [0.2, 0.25) is 0 Å². The molecule has 6 fully saturated rings. The number of piperidine rings is 6. The molecule has 0 aliphatic carbocycles. The SMILES string of the molecule is C=C[C@H]1CN2CC[C@H]1C[C@@H]2[C@@H](OC(=O)NCCNC(=O)O[C@@H](c1ccnc2ccc(OC)cc12)[C@H]1C[C@@H]2CCN1C[C@@H]2C=C)c1ccnc2ccc(OC)cc12. The summed E-state index contributed by atoms with van der Waals surface area (Å²) in [5, 5.41) is 7.54. The number of amides is 2. The van der Waals surface area contributed by atoms with E-state index in [0.29, 0.717) is 35.2 Å². The van der Waals surface area contributed by atoms with E-state index in [0.717, 1.165) is 84.8 Å². The van der Waals surface area contributed by atoms with E-state index in [1.54, 1.807) is 26.6 Å². The fourth-order valence-corrected chi connectivity index (χ4v) is 9.77. The zero-order valence-corrected chi connectivity index (χ0v) is 32.3. The Kier molecular flexibility index (Phi) is 11.1. The van der Waals surface area contributed by atoms with E-state index in [-0.39, 0.29) is 25.2 Å². The molecule has 0 radical (unpaired) electrons. The van der Waals surface area contributed by atoms with Crippen molar-refractivity contribution in [2.75, 3.05) is 53.5 Å². The summed E-state index contributed by atoms with van der Waals surface area (Å²) in [6.45, 7) is 12.1. The number of pyridine rings is 2. The van der Waals surface area contributed by atoms with Crippen LogP contribution in [-0.2, 0) is 9.47 Å². The maximum Gasteiger partial charge on any atom is 0.407 e.